The monoisotopic (exact) mass is 313 g/mol. The second-order valence-corrected chi connectivity index (χ2v) is 6.72. The Balaban J connectivity index is 2.31. The van der Waals surface area contributed by atoms with Gasteiger partial charge < -0.3 is 11.1 Å². The lowest BCUT2D eigenvalue weighted by atomic mass is 10.1. The summed E-state index contributed by atoms with van der Waals surface area (Å²) in [6.07, 6.45) is 2.74. The number of rotatable bonds is 8. The van der Waals surface area contributed by atoms with Crippen molar-refractivity contribution in [3.63, 3.8) is 0 Å². The van der Waals surface area contributed by atoms with E-state index in [-0.39, 0.29) is 16.8 Å². The molecule has 1 atom stereocenters. The summed E-state index contributed by atoms with van der Waals surface area (Å²) in [5.74, 6) is 0.0109. The lowest BCUT2D eigenvalue weighted by Gasteiger charge is -2.07. The molecule has 0 saturated heterocycles. The minimum atomic E-state index is -3.65. The number of primary sulfonamides is 1. The molecule has 1 rings (SSSR count). The molecule has 0 aromatic heterocycles. The minimum absolute atomic E-state index is 0.0109. The Morgan fingerprint density at radius 3 is 2.43 bits per heavy atom. The zero-order valence-electron chi connectivity index (χ0n) is 12.2. The molecule has 0 aliphatic rings. The number of benzene rings is 1. The number of nitrogens with one attached hydrogen (secondary N) is 1. The lowest BCUT2D eigenvalue weighted by Crippen LogP contribution is -2.26. The first kappa shape index (κ1) is 17.6. The van der Waals surface area contributed by atoms with Crippen molar-refractivity contribution in [2.24, 2.45) is 10.9 Å². The second-order valence-electron chi connectivity index (χ2n) is 5.16. The summed E-state index contributed by atoms with van der Waals surface area (Å²) in [5.41, 5.74) is 6.56. The highest BCUT2D eigenvalue weighted by Gasteiger charge is 2.07. The van der Waals surface area contributed by atoms with Crippen molar-refractivity contribution in [3.05, 3.63) is 29.8 Å². The van der Waals surface area contributed by atoms with E-state index in [1.165, 1.54) is 12.1 Å². The van der Waals surface area contributed by atoms with E-state index in [0.717, 1.165) is 18.4 Å². The number of carbonyl (C=O) groups excluding carboxylic acids is 1. The van der Waals surface area contributed by atoms with E-state index >= 15 is 0 Å². The van der Waals surface area contributed by atoms with Gasteiger partial charge in [-0.1, -0.05) is 12.1 Å². The van der Waals surface area contributed by atoms with Gasteiger partial charge in [-0.2, -0.15) is 0 Å². The third kappa shape index (κ3) is 7.22. The maximum atomic E-state index is 11.6. The van der Waals surface area contributed by atoms with Crippen molar-refractivity contribution in [1.29, 1.82) is 0 Å². The van der Waals surface area contributed by atoms with Crippen LogP contribution in [-0.2, 0) is 21.2 Å². The predicted molar refractivity (Wildman–Crippen MR) is 82.0 cm³/mol. The summed E-state index contributed by atoms with van der Waals surface area (Å²) >= 11 is 0. The molecule has 0 spiro atoms. The third-order valence-electron chi connectivity index (χ3n) is 3.05. The molecular formula is C14H23N3O3S. The second kappa shape index (κ2) is 8.11. The van der Waals surface area contributed by atoms with E-state index in [1.54, 1.807) is 12.1 Å². The smallest absolute Gasteiger partial charge is 0.238 e. The highest BCUT2D eigenvalue weighted by atomic mass is 32.2. The first-order valence-electron chi connectivity index (χ1n) is 6.93. The largest absolute Gasteiger partial charge is 0.356 e. The van der Waals surface area contributed by atoms with Crippen LogP contribution >= 0.6 is 0 Å². The molecule has 0 saturated carbocycles. The fourth-order valence-corrected chi connectivity index (χ4v) is 2.38. The van der Waals surface area contributed by atoms with Crippen LogP contribution in [-0.4, -0.2) is 26.9 Å². The first-order chi connectivity index (χ1) is 9.79. The molecule has 0 aliphatic heterocycles. The Hall–Kier alpha value is -1.44. The van der Waals surface area contributed by atoms with Gasteiger partial charge in [0.05, 0.1) is 4.90 Å². The number of hydrogen-bond acceptors (Lipinski definition) is 4. The SMILES string of the molecule is CC(N)CCCC(=O)NCCc1ccc(S(N)(=O)=O)cc1. The van der Waals surface area contributed by atoms with Gasteiger partial charge >= 0.3 is 0 Å². The Labute approximate surface area is 126 Å². The molecule has 7 heteroatoms. The highest BCUT2D eigenvalue weighted by Crippen LogP contribution is 2.09. The van der Waals surface area contributed by atoms with E-state index in [0.29, 0.717) is 19.4 Å². The number of nitrogens with two attached hydrogens (primary N) is 2. The lowest BCUT2D eigenvalue weighted by molar-refractivity contribution is -0.121. The van der Waals surface area contributed by atoms with Crippen LogP contribution in [0.25, 0.3) is 0 Å². The fraction of sp³-hybridized carbons (Fsp3) is 0.500. The summed E-state index contributed by atoms with van der Waals surface area (Å²) < 4.78 is 22.2. The van der Waals surface area contributed by atoms with Crippen LogP contribution in [0.3, 0.4) is 0 Å². The topological polar surface area (TPSA) is 115 Å². The Morgan fingerprint density at radius 1 is 1.29 bits per heavy atom. The number of sulfonamides is 1. The molecule has 21 heavy (non-hydrogen) atoms. The molecule has 5 N–H and O–H groups in total. The standard InChI is InChI=1S/C14H23N3O3S/c1-11(15)3-2-4-14(18)17-10-9-12-5-7-13(8-6-12)21(16,19)20/h5-8,11H,2-4,9-10,15H2,1H3,(H,17,18)(H2,16,19,20). The Bertz CT molecular complexity index is 553. The van der Waals surface area contributed by atoms with Gasteiger partial charge in [0.2, 0.25) is 15.9 Å². The minimum Gasteiger partial charge on any atom is -0.356 e. The van der Waals surface area contributed by atoms with Crippen molar-refractivity contribution < 1.29 is 13.2 Å². The van der Waals surface area contributed by atoms with Gasteiger partial charge in [0.15, 0.2) is 0 Å². The van der Waals surface area contributed by atoms with Gasteiger partial charge in [0.25, 0.3) is 0 Å². The van der Waals surface area contributed by atoms with Crippen molar-refractivity contribution in [1.82, 2.24) is 5.32 Å². The molecule has 0 heterocycles. The summed E-state index contributed by atoms with van der Waals surface area (Å²) in [4.78, 5) is 11.6. The van der Waals surface area contributed by atoms with Crippen LogP contribution in [0.5, 0.6) is 0 Å². The van der Waals surface area contributed by atoms with Crippen LogP contribution in [0.1, 0.15) is 31.7 Å². The quantitative estimate of drug-likeness (QED) is 0.648. The van der Waals surface area contributed by atoms with Gasteiger partial charge in [-0.05, 0) is 43.9 Å². The highest BCUT2D eigenvalue weighted by molar-refractivity contribution is 7.89. The third-order valence-corrected chi connectivity index (χ3v) is 3.98. The van der Waals surface area contributed by atoms with Gasteiger partial charge in [0, 0.05) is 19.0 Å². The predicted octanol–water partition coefficient (Wildman–Crippen LogP) is 0.510. The van der Waals surface area contributed by atoms with Gasteiger partial charge in [0.1, 0.15) is 0 Å². The van der Waals surface area contributed by atoms with E-state index in [4.69, 9.17) is 10.9 Å². The maximum absolute atomic E-state index is 11.6. The van der Waals surface area contributed by atoms with E-state index < -0.39 is 10.0 Å². The molecular weight excluding hydrogens is 290 g/mol. The average molecular weight is 313 g/mol. The van der Waals surface area contributed by atoms with Crippen molar-refractivity contribution in [2.75, 3.05) is 6.54 Å². The molecule has 0 aliphatic carbocycles. The van der Waals surface area contributed by atoms with Gasteiger partial charge in [-0.3, -0.25) is 4.79 Å². The molecule has 6 nitrogen and oxygen atoms in total. The van der Waals surface area contributed by atoms with E-state index in [9.17, 15) is 13.2 Å². The number of carbonyl (C=O) groups is 1. The molecule has 0 fully saturated rings. The van der Waals surface area contributed by atoms with E-state index in [2.05, 4.69) is 5.32 Å². The zero-order chi connectivity index (χ0) is 15.9. The first-order valence-corrected chi connectivity index (χ1v) is 8.47. The zero-order valence-corrected chi connectivity index (χ0v) is 13.0. The molecule has 1 amide bonds. The van der Waals surface area contributed by atoms with Crippen LogP contribution in [0.2, 0.25) is 0 Å². The molecule has 1 aromatic rings. The van der Waals surface area contributed by atoms with Gasteiger partial charge in [-0.25, -0.2) is 13.6 Å². The Kier molecular flexibility index (Phi) is 6.80. The molecule has 0 bridgehead atoms. The molecule has 1 unspecified atom stereocenters. The van der Waals surface area contributed by atoms with Crippen LogP contribution < -0.4 is 16.2 Å². The van der Waals surface area contributed by atoms with Crippen LogP contribution in [0.4, 0.5) is 0 Å². The summed E-state index contributed by atoms with van der Waals surface area (Å²) in [5, 5.41) is 7.85. The molecule has 1 aromatic carbocycles. The fourth-order valence-electron chi connectivity index (χ4n) is 1.87. The van der Waals surface area contributed by atoms with Crippen molar-refractivity contribution in [3.8, 4) is 0 Å². The average Bonchev–Trinajstić information content (AvgIpc) is 2.38. The number of amides is 1. The van der Waals surface area contributed by atoms with Crippen LogP contribution in [0, 0.1) is 0 Å². The van der Waals surface area contributed by atoms with Gasteiger partial charge in [-0.15, -0.1) is 0 Å². The molecule has 118 valence electrons. The Morgan fingerprint density at radius 2 is 1.90 bits per heavy atom. The summed E-state index contributed by atoms with van der Waals surface area (Å²) in [7, 11) is -3.65. The number of hydrogen-bond donors (Lipinski definition) is 3. The molecule has 0 radical (unpaired) electrons. The maximum Gasteiger partial charge on any atom is 0.238 e. The van der Waals surface area contributed by atoms with Crippen molar-refractivity contribution >= 4 is 15.9 Å². The summed E-state index contributed by atoms with van der Waals surface area (Å²) in [6, 6.07) is 6.45. The van der Waals surface area contributed by atoms with E-state index in [1.807, 2.05) is 6.92 Å². The normalized spacial score (nSPS) is 12.9. The summed E-state index contributed by atoms with van der Waals surface area (Å²) in [6.45, 7) is 2.44. The van der Waals surface area contributed by atoms with Crippen LogP contribution in [0.15, 0.2) is 29.2 Å². The van der Waals surface area contributed by atoms with Crippen molar-refractivity contribution in [2.45, 2.75) is 43.5 Å².